The lowest BCUT2D eigenvalue weighted by atomic mass is 9.68. The van der Waals surface area contributed by atoms with E-state index in [1.165, 1.54) is 32.2 Å². The van der Waals surface area contributed by atoms with Gasteiger partial charge in [0.05, 0.1) is 11.7 Å². The van der Waals surface area contributed by atoms with E-state index in [2.05, 4.69) is 22.0 Å². The number of aromatic nitrogens is 1. The first-order chi connectivity index (χ1) is 15.0. The summed E-state index contributed by atoms with van der Waals surface area (Å²) in [6, 6.07) is 10.6. The fourth-order valence-corrected chi connectivity index (χ4v) is 4.69. The van der Waals surface area contributed by atoms with Gasteiger partial charge in [-0.05, 0) is 54.8 Å². The van der Waals surface area contributed by atoms with E-state index in [0.717, 1.165) is 35.5 Å². The van der Waals surface area contributed by atoms with Crippen molar-refractivity contribution in [3.05, 3.63) is 53.9 Å². The van der Waals surface area contributed by atoms with Crippen molar-refractivity contribution in [2.45, 2.75) is 51.1 Å². The van der Waals surface area contributed by atoms with Crippen molar-refractivity contribution in [2.75, 3.05) is 19.8 Å². The molecule has 1 spiro atoms. The van der Waals surface area contributed by atoms with Gasteiger partial charge < -0.3 is 5.32 Å². The Hall–Kier alpha value is -2.41. The van der Waals surface area contributed by atoms with E-state index in [0.29, 0.717) is 5.41 Å². The fraction of sp³-hybridized carbons (Fsp3) is 0.500. The Kier molecular flexibility index (Phi) is 6.60. The molecular formula is C24H28F3N3O. The van der Waals surface area contributed by atoms with E-state index in [1.807, 2.05) is 35.8 Å². The number of nitrogens with one attached hydrogen (secondary N) is 1. The van der Waals surface area contributed by atoms with Crippen LogP contribution in [0.15, 0.2) is 42.6 Å². The summed E-state index contributed by atoms with van der Waals surface area (Å²) in [5.74, 6) is -1.44. The lowest BCUT2D eigenvalue weighted by Crippen LogP contribution is -2.41. The first-order valence-corrected chi connectivity index (χ1v) is 10.9. The first kappa shape index (κ1) is 21.8. The number of carbonyl (C=O) groups is 1. The van der Waals surface area contributed by atoms with E-state index in [9.17, 15) is 18.0 Å². The van der Waals surface area contributed by atoms with E-state index >= 15 is 0 Å². The molecule has 1 atom stereocenters. The van der Waals surface area contributed by atoms with Gasteiger partial charge in [0.15, 0.2) is 0 Å². The summed E-state index contributed by atoms with van der Waals surface area (Å²) in [5.41, 5.74) is 4.39. The largest absolute Gasteiger partial charge is 0.345 e. The van der Waals surface area contributed by atoms with Crippen molar-refractivity contribution in [3.8, 4) is 11.1 Å². The third-order valence-electron chi connectivity index (χ3n) is 6.64. The molecule has 2 aliphatic rings. The fourth-order valence-electron chi connectivity index (χ4n) is 4.69. The molecule has 0 bridgehead atoms. The van der Waals surface area contributed by atoms with Crippen LogP contribution in [0.25, 0.3) is 11.1 Å². The van der Waals surface area contributed by atoms with Gasteiger partial charge in [0.25, 0.3) is 5.91 Å². The lowest BCUT2D eigenvalue weighted by molar-refractivity contribution is -0.132. The van der Waals surface area contributed by atoms with Crippen LogP contribution in [0.2, 0.25) is 0 Å². The zero-order chi connectivity index (χ0) is 21.8. The second-order valence-corrected chi connectivity index (χ2v) is 8.91. The average Bonchev–Trinajstić information content (AvgIpc) is 3.19. The highest BCUT2D eigenvalue weighted by molar-refractivity contribution is 5.79. The van der Waals surface area contributed by atoms with Gasteiger partial charge in [-0.25, -0.2) is 4.39 Å². The normalized spacial score (nSPS) is 18.8. The van der Waals surface area contributed by atoms with Crippen molar-refractivity contribution < 1.29 is 18.0 Å². The number of alkyl halides is 3. The second kappa shape index (κ2) is 9.39. The summed E-state index contributed by atoms with van der Waals surface area (Å²) >= 11 is 0. The molecule has 2 heterocycles. The molecule has 1 saturated heterocycles. The molecule has 166 valence electrons. The van der Waals surface area contributed by atoms with Crippen LogP contribution in [0.3, 0.4) is 0 Å². The van der Waals surface area contributed by atoms with Gasteiger partial charge in [-0.1, -0.05) is 36.8 Å². The highest BCUT2D eigenvalue weighted by Gasteiger charge is 2.42. The van der Waals surface area contributed by atoms with E-state index in [-0.39, 0.29) is 6.42 Å². The predicted octanol–water partition coefficient (Wildman–Crippen LogP) is 4.39. The van der Waals surface area contributed by atoms with Crippen LogP contribution >= 0.6 is 0 Å². The highest BCUT2D eigenvalue weighted by Crippen LogP contribution is 2.48. The van der Waals surface area contributed by atoms with E-state index < -0.39 is 25.0 Å². The van der Waals surface area contributed by atoms with Gasteiger partial charge in [-0.2, -0.15) is 8.78 Å². The molecule has 1 aliphatic heterocycles. The zero-order valence-corrected chi connectivity index (χ0v) is 17.5. The number of rotatable bonds is 8. The summed E-state index contributed by atoms with van der Waals surface area (Å²) in [7, 11) is 0. The van der Waals surface area contributed by atoms with E-state index in [1.54, 1.807) is 0 Å². The Bertz CT molecular complexity index is 882. The minimum Gasteiger partial charge on any atom is -0.345 e. The number of hydrogen-bond acceptors (Lipinski definition) is 3. The summed E-state index contributed by atoms with van der Waals surface area (Å²) in [5, 5.41) is 2.03. The van der Waals surface area contributed by atoms with Gasteiger partial charge in [0, 0.05) is 24.8 Å². The van der Waals surface area contributed by atoms with Crippen LogP contribution < -0.4 is 5.32 Å². The van der Waals surface area contributed by atoms with Crippen LogP contribution in [0, 0.1) is 5.41 Å². The Morgan fingerprint density at radius 1 is 1.10 bits per heavy atom. The summed E-state index contributed by atoms with van der Waals surface area (Å²) in [6.45, 7) is 2.33. The number of pyridine rings is 1. The number of likely N-dealkylation sites (tertiary alicyclic amines) is 1. The third kappa shape index (κ3) is 5.26. The molecule has 1 N–H and O–H groups in total. The Morgan fingerprint density at radius 3 is 2.39 bits per heavy atom. The minimum atomic E-state index is -3.14. The number of amides is 1. The molecular weight excluding hydrogens is 403 g/mol. The van der Waals surface area contributed by atoms with Crippen LogP contribution in [-0.2, 0) is 17.8 Å². The standard InChI is InChI=1S/C24H28F3N3O/c25-13-21(29-23(31)22(26)27)12-17-2-4-18(5-3-17)19-6-7-20(28-14-19)15-30-11-10-24(16-30)8-1-9-24/h2-7,14,21-22H,1,8-13,15-16H2,(H,29,31). The van der Waals surface area contributed by atoms with Crippen molar-refractivity contribution in [1.29, 1.82) is 0 Å². The molecule has 1 saturated carbocycles. The van der Waals surface area contributed by atoms with Gasteiger partial charge in [0.1, 0.15) is 6.67 Å². The van der Waals surface area contributed by atoms with Gasteiger partial charge in [-0.3, -0.25) is 14.7 Å². The van der Waals surface area contributed by atoms with Crippen molar-refractivity contribution in [3.63, 3.8) is 0 Å². The maximum absolute atomic E-state index is 13.1. The molecule has 2 fully saturated rings. The Balaban J connectivity index is 1.32. The summed E-state index contributed by atoms with van der Waals surface area (Å²) < 4.78 is 37.8. The van der Waals surface area contributed by atoms with Crippen molar-refractivity contribution in [2.24, 2.45) is 5.41 Å². The van der Waals surface area contributed by atoms with Crippen molar-refractivity contribution in [1.82, 2.24) is 15.2 Å². The smallest absolute Gasteiger partial charge is 0.315 e. The second-order valence-electron chi connectivity index (χ2n) is 8.91. The molecule has 1 aliphatic carbocycles. The molecule has 1 aromatic carbocycles. The number of carbonyl (C=O) groups excluding carboxylic acids is 1. The molecule has 1 aromatic heterocycles. The number of halogens is 3. The SMILES string of the molecule is O=C(NC(CF)Cc1ccc(-c2ccc(CN3CCC4(CCC4)C3)nc2)cc1)C(F)F. The maximum atomic E-state index is 13.1. The average molecular weight is 432 g/mol. The molecule has 4 nitrogen and oxygen atoms in total. The van der Waals surface area contributed by atoms with Gasteiger partial charge in [0.2, 0.25) is 0 Å². The zero-order valence-electron chi connectivity index (χ0n) is 17.5. The number of hydrogen-bond donors (Lipinski definition) is 1. The number of nitrogens with zero attached hydrogens (tertiary/aromatic N) is 2. The van der Waals surface area contributed by atoms with Crippen LogP contribution in [0.5, 0.6) is 0 Å². The Labute approximate surface area is 180 Å². The molecule has 4 rings (SSSR count). The van der Waals surface area contributed by atoms with Gasteiger partial charge in [-0.15, -0.1) is 0 Å². The molecule has 31 heavy (non-hydrogen) atoms. The maximum Gasteiger partial charge on any atom is 0.315 e. The summed E-state index contributed by atoms with van der Waals surface area (Å²) in [6.07, 6.45) is 4.31. The molecule has 0 radical (unpaired) electrons. The predicted molar refractivity (Wildman–Crippen MR) is 113 cm³/mol. The van der Waals surface area contributed by atoms with Crippen LogP contribution in [0.1, 0.15) is 36.9 Å². The topological polar surface area (TPSA) is 45.2 Å². The van der Waals surface area contributed by atoms with E-state index in [4.69, 9.17) is 0 Å². The molecule has 1 amide bonds. The molecule has 2 aromatic rings. The molecule has 7 heteroatoms. The lowest BCUT2D eigenvalue weighted by Gasteiger charge is -2.38. The monoisotopic (exact) mass is 431 g/mol. The first-order valence-electron chi connectivity index (χ1n) is 10.9. The minimum absolute atomic E-state index is 0.157. The Morgan fingerprint density at radius 2 is 1.84 bits per heavy atom. The number of benzene rings is 1. The van der Waals surface area contributed by atoms with Gasteiger partial charge >= 0.3 is 6.43 Å². The molecule has 1 unspecified atom stereocenters. The van der Waals surface area contributed by atoms with Crippen LogP contribution in [-0.4, -0.2) is 48.0 Å². The van der Waals surface area contributed by atoms with Crippen LogP contribution in [0.4, 0.5) is 13.2 Å². The third-order valence-corrected chi connectivity index (χ3v) is 6.64. The van der Waals surface area contributed by atoms with Crippen molar-refractivity contribution >= 4 is 5.91 Å². The quantitative estimate of drug-likeness (QED) is 0.675. The summed E-state index contributed by atoms with van der Waals surface area (Å²) in [4.78, 5) is 18.2. The highest BCUT2D eigenvalue weighted by atomic mass is 19.3.